The van der Waals surface area contributed by atoms with E-state index < -0.39 is 0 Å². The van der Waals surface area contributed by atoms with E-state index in [9.17, 15) is 4.79 Å². The Balaban J connectivity index is 1.20. The van der Waals surface area contributed by atoms with Gasteiger partial charge in [0.05, 0.1) is 25.9 Å². The van der Waals surface area contributed by atoms with Gasteiger partial charge in [-0.2, -0.15) is 0 Å². The number of hydrogen-bond donors (Lipinski definition) is 1. The first-order chi connectivity index (χ1) is 17.1. The molecule has 0 amide bonds. The zero-order valence-corrected chi connectivity index (χ0v) is 20.9. The maximum atomic E-state index is 13.6. The number of thiophene rings is 1. The zero-order valence-electron chi connectivity index (χ0n) is 20.0. The number of rotatable bonds is 6. The second-order valence-electron chi connectivity index (χ2n) is 9.48. The molecule has 0 spiro atoms. The fourth-order valence-corrected chi connectivity index (χ4v) is 6.86. The Morgan fingerprint density at radius 1 is 1.06 bits per heavy atom. The van der Waals surface area contributed by atoms with Crippen LogP contribution in [0.1, 0.15) is 39.6 Å². The summed E-state index contributed by atoms with van der Waals surface area (Å²) >= 11 is 1.69. The molecule has 2 aromatic carbocycles. The molecule has 2 aliphatic carbocycles. The molecule has 4 aromatic rings. The van der Waals surface area contributed by atoms with Crippen LogP contribution in [-0.2, 0) is 32.2 Å². The second-order valence-corrected chi connectivity index (χ2v) is 10.6. The third kappa shape index (κ3) is 4.02. The number of nitrogens with one attached hydrogen (secondary N) is 1. The number of nitrogens with zero attached hydrogens (tertiary/aromatic N) is 2. The molecule has 0 fully saturated rings. The molecule has 2 heterocycles. The van der Waals surface area contributed by atoms with Gasteiger partial charge in [-0.1, -0.05) is 30.3 Å². The summed E-state index contributed by atoms with van der Waals surface area (Å²) in [4.78, 5) is 20.5. The van der Waals surface area contributed by atoms with Crippen molar-refractivity contribution in [2.45, 2.75) is 50.7 Å². The average molecular weight is 488 g/mol. The van der Waals surface area contributed by atoms with Gasteiger partial charge in [0.2, 0.25) is 0 Å². The molecule has 0 bridgehead atoms. The fraction of sp³-hybridized carbons (Fsp3) is 0.357. The summed E-state index contributed by atoms with van der Waals surface area (Å²) < 4.78 is 12.7. The summed E-state index contributed by atoms with van der Waals surface area (Å²) in [5, 5.41) is 4.55. The number of fused-ring (bicyclic) bond motifs is 4. The predicted molar refractivity (Wildman–Crippen MR) is 139 cm³/mol. The lowest BCUT2D eigenvalue weighted by molar-refractivity contribution is 0.354. The van der Waals surface area contributed by atoms with E-state index in [4.69, 9.17) is 14.5 Å². The third-order valence-corrected chi connectivity index (χ3v) is 8.62. The van der Waals surface area contributed by atoms with Crippen LogP contribution in [0.5, 0.6) is 11.5 Å². The fourth-order valence-electron chi connectivity index (χ4n) is 5.60. The van der Waals surface area contributed by atoms with Gasteiger partial charge in [0.1, 0.15) is 4.83 Å². The van der Waals surface area contributed by atoms with Crippen LogP contribution in [0.15, 0.2) is 53.6 Å². The maximum Gasteiger partial charge on any atom is 0.262 e. The standard InChI is InChI=1S/C28H29N3O3S/c1-33-23-10-7-17(11-24(23)34-2)15-29-20-8-9-22-25(14-20)35-27-26(22)28(32)31(16-30-27)21-12-18-5-3-4-6-19(18)13-21/h3-7,10-11,16,20-21,29H,8-9,12-15H2,1-2H3/t20-/m0/s1. The quantitative estimate of drug-likeness (QED) is 0.435. The summed E-state index contributed by atoms with van der Waals surface area (Å²) in [7, 11) is 3.31. The van der Waals surface area contributed by atoms with E-state index in [1.807, 2.05) is 16.7 Å². The van der Waals surface area contributed by atoms with Crippen LogP contribution in [0.25, 0.3) is 10.2 Å². The van der Waals surface area contributed by atoms with Gasteiger partial charge in [-0.05, 0) is 66.5 Å². The molecule has 0 aliphatic heterocycles. The van der Waals surface area contributed by atoms with E-state index in [0.717, 1.165) is 65.9 Å². The molecule has 7 heteroatoms. The summed E-state index contributed by atoms with van der Waals surface area (Å²) in [5.74, 6) is 1.48. The highest BCUT2D eigenvalue weighted by molar-refractivity contribution is 7.18. The minimum absolute atomic E-state index is 0.127. The summed E-state index contributed by atoms with van der Waals surface area (Å²) in [6.07, 6.45) is 6.42. The Labute approximate surface area is 208 Å². The van der Waals surface area contributed by atoms with Crippen LogP contribution >= 0.6 is 11.3 Å². The molecule has 2 aliphatic rings. The highest BCUT2D eigenvalue weighted by Crippen LogP contribution is 2.35. The molecule has 6 nitrogen and oxygen atoms in total. The number of aromatic nitrogens is 2. The lowest BCUT2D eigenvalue weighted by Gasteiger charge is -2.23. The number of aryl methyl sites for hydroxylation is 1. The van der Waals surface area contributed by atoms with Crippen molar-refractivity contribution in [3.05, 3.63) is 86.3 Å². The van der Waals surface area contributed by atoms with Crippen LogP contribution in [0.2, 0.25) is 0 Å². The minimum Gasteiger partial charge on any atom is -0.493 e. The van der Waals surface area contributed by atoms with Crippen molar-refractivity contribution < 1.29 is 9.47 Å². The van der Waals surface area contributed by atoms with Crippen molar-refractivity contribution in [3.8, 4) is 11.5 Å². The molecule has 1 atom stereocenters. The topological polar surface area (TPSA) is 65.4 Å². The smallest absolute Gasteiger partial charge is 0.262 e. The minimum atomic E-state index is 0.127. The van der Waals surface area contributed by atoms with Crippen molar-refractivity contribution in [2.24, 2.45) is 0 Å². The first-order valence-electron chi connectivity index (χ1n) is 12.2. The Kier molecular flexibility index (Phi) is 5.82. The number of methoxy groups -OCH3 is 2. The van der Waals surface area contributed by atoms with E-state index in [0.29, 0.717) is 6.04 Å². The number of hydrogen-bond acceptors (Lipinski definition) is 6. The monoisotopic (exact) mass is 487 g/mol. The molecule has 0 saturated heterocycles. The van der Waals surface area contributed by atoms with Crippen molar-refractivity contribution in [1.29, 1.82) is 0 Å². The van der Waals surface area contributed by atoms with Crippen molar-refractivity contribution in [2.75, 3.05) is 14.2 Å². The van der Waals surface area contributed by atoms with Gasteiger partial charge < -0.3 is 14.8 Å². The first kappa shape index (κ1) is 22.3. The molecule has 2 aromatic heterocycles. The van der Waals surface area contributed by atoms with E-state index >= 15 is 0 Å². The molecular weight excluding hydrogens is 458 g/mol. The van der Waals surface area contributed by atoms with Gasteiger partial charge in [-0.3, -0.25) is 9.36 Å². The Bertz CT molecular complexity index is 1430. The summed E-state index contributed by atoms with van der Waals surface area (Å²) in [6, 6.07) is 15.1. The molecule has 6 rings (SSSR count). The van der Waals surface area contributed by atoms with Crippen LogP contribution < -0.4 is 20.3 Å². The summed E-state index contributed by atoms with van der Waals surface area (Å²) in [6.45, 7) is 0.762. The zero-order chi connectivity index (χ0) is 23.9. The maximum absolute atomic E-state index is 13.6. The van der Waals surface area contributed by atoms with Crippen molar-refractivity contribution >= 4 is 21.6 Å². The molecule has 0 radical (unpaired) electrons. The number of benzene rings is 2. The third-order valence-electron chi connectivity index (χ3n) is 7.46. The lowest BCUT2D eigenvalue weighted by atomic mass is 9.93. The lowest BCUT2D eigenvalue weighted by Crippen LogP contribution is -2.34. The van der Waals surface area contributed by atoms with E-state index in [2.05, 4.69) is 35.6 Å². The van der Waals surface area contributed by atoms with Crippen LogP contribution in [0, 0.1) is 0 Å². The Morgan fingerprint density at radius 3 is 2.57 bits per heavy atom. The number of ether oxygens (including phenoxy) is 2. The van der Waals surface area contributed by atoms with Crippen LogP contribution in [0.4, 0.5) is 0 Å². The van der Waals surface area contributed by atoms with E-state index in [1.165, 1.54) is 21.6 Å². The van der Waals surface area contributed by atoms with E-state index in [-0.39, 0.29) is 11.6 Å². The highest BCUT2D eigenvalue weighted by Gasteiger charge is 2.28. The van der Waals surface area contributed by atoms with Gasteiger partial charge in [0, 0.05) is 23.5 Å². The highest BCUT2D eigenvalue weighted by atomic mass is 32.1. The van der Waals surface area contributed by atoms with Crippen LogP contribution in [-0.4, -0.2) is 29.8 Å². The Morgan fingerprint density at radius 2 is 1.83 bits per heavy atom. The molecule has 180 valence electrons. The molecule has 1 N–H and O–H groups in total. The SMILES string of the molecule is COc1ccc(CN[C@H]2CCc3c(sc4ncn(C5Cc6ccccc6C5)c(=O)c34)C2)cc1OC. The summed E-state index contributed by atoms with van der Waals surface area (Å²) in [5.41, 5.74) is 5.20. The van der Waals surface area contributed by atoms with Gasteiger partial charge >= 0.3 is 0 Å². The predicted octanol–water partition coefficient (Wildman–Crippen LogP) is 4.46. The molecular formula is C28H29N3O3S. The van der Waals surface area contributed by atoms with Crippen molar-refractivity contribution in [3.63, 3.8) is 0 Å². The Hall–Kier alpha value is -3.16. The van der Waals surface area contributed by atoms with Gasteiger partial charge in [0.15, 0.2) is 11.5 Å². The van der Waals surface area contributed by atoms with Crippen molar-refractivity contribution in [1.82, 2.24) is 14.9 Å². The normalized spacial score (nSPS) is 17.4. The van der Waals surface area contributed by atoms with Crippen LogP contribution in [0.3, 0.4) is 0 Å². The molecule has 35 heavy (non-hydrogen) atoms. The molecule has 0 unspecified atom stereocenters. The largest absolute Gasteiger partial charge is 0.493 e. The second kappa shape index (κ2) is 9.13. The van der Waals surface area contributed by atoms with Gasteiger partial charge in [-0.15, -0.1) is 11.3 Å². The van der Waals surface area contributed by atoms with E-state index in [1.54, 1.807) is 31.9 Å². The van der Waals surface area contributed by atoms with Gasteiger partial charge in [0.25, 0.3) is 5.56 Å². The molecule has 0 saturated carbocycles. The average Bonchev–Trinajstić information content (AvgIpc) is 3.48. The van der Waals surface area contributed by atoms with Gasteiger partial charge in [-0.25, -0.2) is 4.98 Å². The first-order valence-corrected chi connectivity index (χ1v) is 13.0.